The van der Waals surface area contributed by atoms with Crippen LogP contribution in [0.3, 0.4) is 0 Å². The molecule has 0 radical (unpaired) electrons. The molecular weight excluding hydrogens is 460 g/mol. The number of rotatable bonds is 8. The summed E-state index contributed by atoms with van der Waals surface area (Å²) in [6.45, 7) is -0.791. The topological polar surface area (TPSA) is 232 Å². The molecule has 31 heavy (non-hydrogen) atoms. The molecule has 0 aliphatic carbocycles. The standard InChI is InChI=1S/C14H19N5O10P2/c1-2-3-4-30(23,24)29-31(25,26)27-5-7-9(20)10(21)13(28-7)19-6-16-8-11(19)17-14(15)18-12(8)22/h1,6-7,9-10,13,20-21H,3-5H2,(H,23,24)(H,25,26)(H3,15,17,18,22). The van der Waals surface area contributed by atoms with Crippen LogP contribution in [0.25, 0.3) is 11.2 Å². The number of phosphoric ester groups is 1. The molecule has 3 rings (SSSR count). The van der Waals surface area contributed by atoms with Crippen molar-refractivity contribution in [2.75, 3.05) is 18.5 Å². The van der Waals surface area contributed by atoms with Crippen LogP contribution >= 0.6 is 15.4 Å². The van der Waals surface area contributed by atoms with E-state index in [0.717, 1.165) is 10.9 Å². The van der Waals surface area contributed by atoms with Gasteiger partial charge in [-0.15, -0.1) is 12.3 Å². The number of aliphatic hydroxyl groups excluding tert-OH is 2. The summed E-state index contributed by atoms with van der Waals surface area (Å²) in [5.74, 6) is 1.87. The molecule has 0 spiro atoms. The second-order valence-electron chi connectivity index (χ2n) is 6.48. The zero-order valence-electron chi connectivity index (χ0n) is 15.6. The Hall–Kier alpha value is -2.11. The number of nitrogen functional groups attached to an aromatic ring is 1. The quantitative estimate of drug-likeness (QED) is 0.190. The molecule has 2 aromatic heterocycles. The van der Waals surface area contributed by atoms with Crippen molar-refractivity contribution >= 4 is 32.5 Å². The van der Waals surface area contributed by atoms with Crippen LogP contribution in [0.15, 0.2) is 11.1 Å². The Morgan fingerprint density at radius 1 is 1.35 bits per heavy atom. The van der Waals surface area contributed by atoms with E-state index in [-0.39, 0.29) is 23.5 Å². The van der Waals surface area contributed by atoms with Crippen LogP contribution in [0.1, 0.15) is 12.6 Å². The van der Waals surface area contributed by atoms with Crippen LogP contribution in [-0.2, 0) is 22.7 Å². The van der Waals surface area contributed by atoms with Crippen LogP contribution in [0.5, 0.6) is 0 Å². The van der Waals surface area contributed by atoms with Crippen LogP contribution in [0, 0.1) is 12.3 Å². The average molecular weight is 479 g/mol. The van der Waals surface area contributed by atoms with Gasteiger partial charge in [-0.05, 0) is 0 Å². The molecule has 2 aromatic rings. The highest BCUT2D eigenvalue weighted by molar-refractivity contribution is 7.64. The zero-order chi connectivity index (χ0) is 23.0. The van der Waals surface area contributed by atoms with Crippen molar-refractivity contribution in [1.82, 2.24) is 19.5 Å². The van der Waals surface area contributed by atoms with Gasteiger partial charge in [-0.2, -0.15) is 4.98 Å². The number of imidazole rings is 1. The Bertz CT molecular complexity index is 1160. The molecule has 15 nitrogen and oxygen atoms in total. The van der Waals surface area contributed by atoms with Crippen molar-refractivity contribution in [3.63, 3.8) is 0 Å². The van der Waals surface area contributed by atoms with E-state index < -0.39 is 58.3 Å². The fraction of sp³-hybridized carbons (Fsp3) is 0.500. The molecule has 0 amide bonds. The van der Waals surface area contributed by atoms with Crippen molar-refractivity contribution in [2.45, 2.75) is 31.0 Å². The van der Waals surface area contributed by atoms with Crippen LogP contribution in [0.2, 0.25) is 0 Å². The zero-order valence-corrected chi connectivity index (χ0v) is 17.4. The normalized spacial score (nSPS) is 27.6. The number of hydrogen-bond acceptors (Lipinski definition) is 11. The molecule has 1 fully saturated rings. The predicted molar refractivity (Wildman–Crippen MR) is 103 cm³/mol. The lowest BCUT2D eigenvalue weighted by Crippen LogP contribution is -2.33. The molecule has 0 aromatic carbocycles. The van der Waals surface area contributed by atoms with E-state index in [1.807, 2.05) is 0 Å². The number of nitrogens with two attached hydrogens (primary N) is 1. The number of terminal acetylenes is 1. The predicted octanol–water partition coefficient (Wildman–Crippen LogP) is -1.34. The molecule has 0 bridgehead atoms. The fourth-order valence-corrected chi connectivity index (χ4v) is 5.38. The van der Waals surface area contributed by atoms with Gasteiger partial charge < -0.3 is 30.5 Å². The number of aliphatic hydroxyl groups is 2. The first-order chi connectivity index (χ1) is 14.4. The van der Waals surface area contributed by atoms with Crippen molar-refractivity contribution in [3.05, 3.63) is 16.7 Å². The van der Waals surface area contributed by atoms with Gasteiger partial charge in [0.2, 0.25) is 5.95 Å². The van der Waals surface area contributed by atoms with Gasteiger partial charge in [0.25, 0.3) is 5.56 Å². The van der Waals surface area contributed by atoms with Crippen molar-refractivity contribution in [3.8, 4) is 12.3 Å². The number of fused-ring (bicyclic) bond motifs is 1. The Morgan fingerprint density at radius 2 is 2.06 bits per heavy atom. The van der Waals surface area contributed by atoms with Gasteiger partial charge in [-0.25, -0.2) is 13.9 Å². The summed E-state index contributed by atoms with van der Waals surface area (Å²) in [5.41, 5.74) is 4.74. The Kier molecular flexibility index (Phi) is 6.68. The molecule has 1 aliphatic rings. The summed E-state index contributed by atoms with van der Waals surface area (Å²) >= 11 is 0. The third-order valence-corrected chi connectivity index (χ3v) is 7.34. The van der Waals surface area contributed by atoms with Gasteiger partial charge in [-0.3, -0.25) is 23.4 Å². The van der Waals surface area contributed by atoms with E-state index in [1.165, 1.54) is 0 Å². The maximum absolute atomic E-state index is 11.9. The van der Waals surface area contributed by atoms with Crippen molar-refractivity contribution < 1.29 is 42.7 Å². The first-order valence-corrected chi connectivity index (χ1v) is 11.9. The number of hydrogen-bond donors (Lipinski definition) is 6. The van der Waals surface area contributed by atoms with Crippen LogP contribution < -0.4 is 11.3 Å². The third kappa shape index (κ3) is 5.21. The summed E-state index contributed by atoms with van der Waals surface area (Å²) in [6.07, 6.45) is -0.489. The van der Waals surface area contributed by atoms with Gasteiger partial charge in [0.05, 0.1) is 19.1 Å². The van der Waals surface area contributed by atoms with E-state index >= 15 is 0 Å². The van der Waals surface area contributed by atoms with Gasteiger partial charge in [0.1, 0.15) is 18.3 Å². The molecule has 0 saturated carbocycles. The number of ether oxygens (including phenoxy) is 1. The molecule has 17 heteroatoms. The molecule has 1 saturated heterocycles. The fourth-order valence-electron chi connectivity index (χ4n) is 2.83. The minimum atomic E-state index is -5.03. The first-order valence-electron chi connectivity index (χ1n) is 8.62. The third-order valence-electron chi connectivity index (χ3n) is 4.23. The minimum Gasteiger partial charge on any atom is -0.387 e. The maximum Gasteiger partial charge on any atom is 0.479 e. The number of aromatic nitrogens is 4. The highest BCUT2D eigenvalue weighted by Gasteiger charge is 2.46. The van der Waals surface area contributed by atoms with Crippen molar-refractivity contribution in [2.24, 2.45) is 0 Å². The summed E-state index contributed by atoms with van der Waals surface area (Å²) in [7, 11) is -9.54. The summed E-state index contributed by atoms with van der Waals surface area (Å²) in [6, 6.07) is 0. The lowest BCUT2D eigenvalue weighted by molar-refractivity contribution is -0.0501. The molecular formula is C14H19N5O10P2. The largest absolute Gasteiger partial charge is 0.479 e. The maximum atomic E-state index is 11.9. The van der Waals surface area contributed by atoms with E-state index in [2.05, 4.69) is 29.7 Å². The first kappa shape index (κ1) is 23.6. The van der Waals surface area contributed by atoms with E-state index in [1.54, 1.807) is 0 Å². The SMILES string of the molecule is C#CCCP(=O)(O)OP(=O)(O)OCC1OC(n2cnc3c(=O)[nH]c(N)nc32)C(O)C1O. The Morgan fingerprint density at radius 3 is 2.74 bits per heavy atom. The molecule has 7 N–H and O–H groups in total. The summed E-state index contributed by atoms with van der Waals surface area (Å²) < 4.78 is 39.2. The number of aromatic amines is 1. The minimum absolute atomic E-state index is 0.0371. The van der Waals surface area contributed by atoms with E-state index in [4.69, 9.17) is 16.9 Å². The number of anilines is 1. The van der Waals surface area contributed by atoms with Gasteiger partial charge in [0, 0.05) is 6.42 Å². The smallest absolute Gasteiger partial charge is 0.387 e. The molecule has 170 valence electrons. The number of nitrogens with one attached hydrogen (secondary N) is 1. The lowest BCUT2D eigenvalue weighted by atomic mass is 10.1. The average Bonchev–Trinajstić information content (AvgIpc) is 3.20. The van der Waals surface area contributed by atoms with E-state index in [0.29, 0.717) is 0 Å². The van der Waals surface area contributed by atoms with Gasteiger partial charge >= 0.3 is 15.4 Å². The highest BCUT2D eigenvalue weighted by atomic mass is 31.3. The van der Waals surface area contributed by atoms with Crippen LogP contribution in [-0.4, -0.2) is 70.6 Å². The van der Waals surface area contributed by atoms with Crippen LogP contribution in [0.4, 0.5) is 5.95 Å². The summed E-state index contributed by atoms with van der Waals surface area (Å²) in [5, 5.41) is 20.5. The number of H-pyrrole nitrogens is 1. The Labute approximate surface area is 174 Å². The second-order valence-corrected chi connectivity index (χ2v) is 10.1. The Balaban J connectivity index is 1.72. The molecule has 1 aliphatic heterocycles. The summed E-state index contributed by atoms with van der Waals surface area (Å²) in [4.78, 5) is 41.1. The number of nitrogens with zero attached hydrogens (tertiary/aromatic N) is 3. The lowest BCUT2D eigenvalue weighted by Gasteiger charge is -2.19. The van der Waals surface area contributed by atoms with Gasteiger partial charge in [0.15, 0.2) is 17.4 Å². The molecule has 6 unspecified atom stereocenters. The molecule has 3 heterocycles. The molecule has 6 atom stereocenters. The monoisotopic (exact) mass is 479 g/mol. The van der Waals surface area contributed by atoms with Gasteiger partial charge in [-0.1, -0.05) is 0 Å². The second kappa shape index (κ2) is 8.79. The van der Waals surface area contributed by atoms with E-state index in [9.17, 15) is 33.9 Å². The number of phosphoric acid groups is 1. The highest BCUT2D eigenvalue weighted by Crippen LogP contribution is 2.60. The van der Waals surface area contributed by atoms with Crippen molar-refractivity contribution in [1.29, 1.82) is 0 Å².